The van der Waals surface area contributed by atoms with Crippen LogP contribution in [-0.2, 0) is 6.54 Å². The van der Waals surface area contributed by atoms with Crippen LogP contribution in [0.3, 0.4) is 0 Å². The Balaban J connectivity index is 2.74. The van der Waals surface area contributed by atoms with Gasteiger partial charge in [-0.25, -0.2) is 9.37 Å². The van der Waals surface area contributed by atoms with E-state index in [1.807, 2.05) is 0 Å². The summed E-state index contributed by atoms with van der Waals surface area (Å²) in [4.78, 5) is 3.92. The Morgan fingerprint density at radius 2 is 2.15 bits per heavy atom. The molecular weight excluding hydrogens is 171 g/mol. The Labute approximate surface area is 73.6 Å². The number of halogens is 1. The van der Waals surface area contributed by atoms with Crippen LogP contribution >= 0.6 is 0 Å². The first-order valence-corrected chi connectivity index (χ1v) is 3.79. The van der Waals surface area contributed by atoms with Gasteiger partial charge in [-0.15, -0.1) is 10.2 Å². The average Bonchev–Trinajstić information content (AvgIpc) is 2.18. The van der Waals surface area contributed by atoms with Gasteiger partial charge in [0.15, 0.2) is 11.6 Å². The summed E-state index contributed by atoms with van der Waals surface area (Å²) in [6.45, 7) is 0.164. The van der Waals surface area contributed by atoms with Gasteiger partial charge in [-0.3, -0.25) is 0 Å². The Morgan fingerprint density at radius 1 is 1.31 bits per heavy atom. The molecule has 2 rings (SSSR count). The lowest BCUT2D eigenvalue weighted by atomic mass is 10.3. The van der Waals surface area contributed by atoms with Crippen LogP contribution in [-0.4, -0.2) is 15.2 Å². The van der Waals surface area contributed by atoms with Gasteiger partial charge in [0.2, 0.25) is 0 Å². The van der Waals surface area contributed by atoms with E-state index < -0.39 is 5.82 Å². The smallest absolute Gasteiger partial charge is 0.165 e. The Bertz CT molecular complexity index is 443. The number of nitrogens with two attached hydrogens (primary N) is 1. The summed E-state index contributed by atoms with van der Waals surface area (Å²) in [6, 6.07) is 4.55. The molecule has 2 aromatic rings. The highest BCUT2D eigenvalue weighted by Gasteiger charge is 2.04. The van der Waals surface area contributed by atoms with Crippen molar-refractivity contribution < 1.29 is 4.39 Å². The molecule has 5 heteroatoms. The fraction of sp³-hybridized carbons (Fsp3) is 0.125. The molecule has 1 heterocycles. The summed E-state index contributed by atoms with van der Waals surface area (Å²) < 4.78 is 13.1. The van der Waals surface area contributed by atoms with Crippen molar-refractivity contribution in [1.82, 2.24) is 15.2 Å². The van der Waals surface area contributed by atoms with Crippen molar-refractivity contribution in [2.24, 2.45) is 5.73 Å². The van der Waals surface area contributed by atoms with Gasteiger partial charge < -0.3 is 5.73 Å². The van der Waals surface area contributed by atoms with Crippen LogP contribution in [0.2, 0.25) is 0 Å². The minimum absolute atomic E-state index is 0.164. The van der Waals surface area contributed by atoms with Gasteiger partial charge in [0.05, 0.1) is 6.54 Å². The number of para-hydroxylation sites is 1. The van der Waals surface area contributed by atoms with E-state index in [-0.39, 0.29) is 12.1 Å². The van der Waals surface area contributed by atoms with Gasteiger partial charge in [-0.05, 0) is 12.1 Å². The van der Waals surface area contributed by atoms with Gasteiger partial charge in [-0.2, -0.15) is 0 Å². The summed E-state index contributed by atoms with van der Waals surface area (Å²) >= 11 is 0. The fourth-order valence-electron chi connectivity index (χ4n) is 1.04. The topological polar surface area (TPSA) is 64.7 Å². The van der Waals surface area contributed by atoms with Crippen LogP contribution in [0.5, 0.6) is 0 Å². The minimum Gasteiger partial charge on any atom is -0.324 e. The third-order valence-electron chi connectivity index (χ3n) is 1.66. The second-order valence-corrected chi connectivity index (χ2v) is 2.54. The molecule has 0 fully saturated rings. The Morgan fingerprint density at radius 3 is 2.92 bits per heavy atom. The van der Waals surface area contributed by atoms with E-state index in [9.17, 15) is 4.39 Å². The maximum Gasteiger partial charge on any atom is 0.165 e. The number of nitrogens with zero attached hydrogens (tertiary/aromatic N) is 3. The lowest BCUT2D eigenvalue weighted by molar-refractivity contribution is 0.634. The molecule has 2 N–H and O–H groups in total. The van der Waals surface area contributed by atoms with Gasteiger partial charge in [-0.1, -0.05) is 6.07 Å². The summed E-state index contributed by atoms with van der Waals surface area (Å²) in [5.41, 5.74) is 5.97. The lowest BCUT2D eigenvalue weighted by Crippen LogP contribution is -2.05. The number of hydrogen-bond acceptors (Lipinski definition) is 4. The van der Waals surface area contributed by atoms with E-state index in [2.05, 4.69) is 15.2 Å². The van der Waals surface area contributed by atoms with E-state index >= 15 is 0 Å². The van der Waals surface area contributed by atoms with Gasteiger partial charge in [0.25, 0.3) is 0 Å². The van der Waals surface area contributed by atoms with Gasteiger partial charge in [0.1, 0.15) is 11.0 Å². The molecule has 0 saturated heterocycles. The molecule has 0 saturated carbocycles. The van der Waals surface area contributed by atoms with Crippen LogP contribution in [0.4, 0.5) is 4.39 Å². The third kappa shape index (κ3) is 1.33. The molecule has 0 spiro atoms. The SMILES string of the molecule is NCc1nnc2cccc(F)c2n1. The second-order valence-electron chi connectivity index (χ2n) is 2.54. The van der Waals surface area contributed by atoms with E-state index in [4.69, 9.17) is 5.73 Å². The van der Waals surface area contributed by atoms with Crippen molar-refractivity contribution in [3.05, 3.63) is 29.8 Å². The summed E-state index contributed by atoms with van der Waals surface area (Å²) in [7, 11) is 0. The zero-order valence-electron chi connectivity index (χ0n) is 6.74. The quantitative estimate of drug-likeness (QED) is 0.695. The third-order valence-corrected chi connectivity index (χ3v) is 1.66. The number of hydrogen-bond donors (Lipinski definition) is 1. The molecule has 0 aliphatic heterocycles. The van der Waals surface area contributed by atoms with Crippen molar-refractivity contribution in [1.29, 1.82) is 0 Å². The highest BCUT2D eigenvalue weighted by atomic mass is 19.1. The first kappa shape index (κ1) is 8.00. The maximum atomic E-state index is 13.1. The summed E-state index contributed by atoms with van der Waals surface area (Å²) in [5, 5.41) is 7.49. The van der Waals surface area contributed by atoms with Crippen molar-refractivity contribution >= 4 is 11.0 Å². The minimum atomic E-state index is -0.401. The molecule has 0 aliphatic rings. The van der Waals surface area contributed by atoms with E-state index in [0.29, 0.717) is 11.3 Å². The van der Waals surface area contributed by atoms with E-state index in [0.717, 1.165) is 0 Å². The number of aromatic nitrogens is 3. The number of rotatable bonds is 1. The molecule has 0 amide bonds. The summed E-state index contributed by atoms with van der Waals surface area (Å²) in [6.07, 6.45) is 0. The van der Waals surface area contributed by atoms with E-state index in [1.54, 1.807) is 12.1 Å². The molecule has 0 atom stereocenters. The van der Waals surface area contributed by atoms with E-state index in [1.165, 1.54) is 6.07 Å². The molecular formula is C8H7FN4. The lowest BCUT2D eigenvalue weighted by Gasteiger charge is -1.98. The standard InChI is InChI=1S/C8H7FN4/c9-5-2-1-3-6-8(5)11-7(4-10)13-12-6/h1-3H,4,10H2. The van der Waals surface area contributed by atoms with Crippen molar-refractivity contribution in [2.75, 3.05) is 0 Å². The molecule has 0 aliphatic carbocycles. The zero-order valence-corrected chi connectivity index (χ0v) is 6.74. The molecule has 1 aromatic heterocycles. The van der Waals surface area contributed by atoms with Crippen LogP contribution < -0.4 is 5.73 Å². The largest absolute Gasteiger partial charge is 0.324 e. The van der Waals surface area contributed by atoms with Crippen LogP contribution in [0, 0.1) is 5.82 Å². The molecule has 0 unspecified atom stereocenters. The zero-order chi connectivity index (χ0) is 9.26. The Hall–Kier alpha value is -1.62. The average molecular weight is 178 g/mol. The molecule has 0 bridgehead atoms. The van der Waals surface area contributed by atoms with Crippen LogP contribution in [0.25, 0.3) is 11.0 Å². The van der Waals surface area contributed by atoms with Gasteiger partial charge in [0, 0.05) is 0 Å². The monoisotopic (exact) mass is 178 g/mol. The number of benzene rings is 1. The fourth-order valence-corrected chi connectivity index (χ4v) is 1.04. The molecule has 1 aromatic carbocycles. The van der Waals surface area contributed by atoms with Crippen LogP contribution in [0.15, 0.2) is 18.2 Å². The predicted octanol–water partition coefficient (Wildman–Crippen LogP) is 0.623. The highest BCUT2D eigenvalue weighted by molar-refractivity contribution is 5.73. The Kier molecular flexibility index (Phi) is 1.86. The van der Waals surface area contributed by atoms with Crippen molar-refractivity contribution in [3.63, 3.8) is 0 Å². The molecule has 66 valence electrons. The second kappa shape index (κ2) is 3.02. The van der Waals surface area contributed by atoms with Crippen molar-refractivity contribution in [2.45, 2.75) is 6.54 Å². The molecule has 4 nitrogen and oxygen atoms in total. The van der Waals surface area contributed by atoms with Crippen molar-refractivity contribution in [3.8, 4) is 0 Å². The molecule has 0 radical (unpaired) electrons. The number of fused-ring (bicyclic) bond motifs is 1. The summed E-state index contributed by atoms with van der Waals surface area (Å²) in [5.74, 6) is -0.0558. The maximum absolute atomic E-state index is 13.1. The predicted molar refractivity (Wildman–Crippen MR) is 45.2 cm³/mol. The molecule has 13 heavy (non-hydrogen) atoms. The van der Waals surface area contributed by atoms with Gasteiger partial charge >= 0.3 is 0 Å². The first-order chi connectivity index (χ1) is 6.31. The van der Waals surface area contributed by atoms with Crippen LogP contribution in [0.1, 0.15) is 5.82 Å². The first-order valence-electron chi connectivity index (χ1n) is 3.79. The highest BCUT2D eigenvalue weighted by Crippen LogP contribution is 2.11. The normalized spacial score (nSPS) is 10.6.